The highest BCUT2D eigenvalue weighted by Crippen LogP contribution is 2.23. The minimum absolute atomic E-state index is 0.00382. The van der Waals surface area contributed by atoms with Gasteiger partial charge in [0.2, 0.25) is 5.82 Å². The summed E-state index contributed by atoms with van der Waals surface area (Å²) in [5, 5.41) is 13.8. The van der Waals surface area contributed by atoms with Crippen LogP contribution in [0.25, 0.3) is 0 Å². The molecule has 1 aromatic rings. The van der Waals surface area contributed by atoms with E-state index in [2.05, 4.69) is 10.3 Å². The standard InChI is InChI=1S/C14H21N5O4/c1-14(2,3)23-13(20)18-7-6-9(8-18)16-11-5-4-10(19(21)22)12(15)17-11/h4-5,9H,6-8H2,1-3H3,(H3,15,16,17)/t9-/m1/s1. The van der Waals surface area contributed by atoms with E-state index in [1.165, 1.54) is 12.1 Å². The smallest absolute Gasteiger partial charge is 0.410 e. The normalized spacial score (nSPS) is 17.9. The molecule has 0 aromatic carbocycles. The second-order valence-electron chi connectivity index (χ2n) is 6.41. The van der Waals surface area contributed by atoms with E-state index >= 15 is 0 Å². The van der Waals surface area contributed by atoms with Crippen molar-refractivity contribution in [2.24, 2.45) is 0 Å². The van der Waals surface area contributed by atoms with Gasteiger partial charge in [0.1, 0.15) is 11.4 Å². The zero-order valence-electron chi connectivity index (χ0n) is 13.4. The number of nitrogen functional groups attached to an aromatic ring is 1. The number of hydrogen-bond acceptors (Lipinski definition) is 7. The van der Waals surface area contributed by atoms with Gasteiger partial charge in [-0.2, -0.15) is 0 Å². The maximum absolute atomic E-state index is 12.0. The number of rotatable bonds is 3. The van der Waals surface area contributed by atoms with Crippen LogP contribution in [0, 0.1) is 10.1 Å². The molecule has 0 spiro atoms. The van der Waals surface area contributed by atoms with Gasteiger partial charge >= 0.3 is 11.8 Å². The molecule has 2 rings (SSSR count). The molecule has 9 heteroatoms. The molecule has 1 amide bonds. The average Bonchev–Trinajstić information content (AvgIpc) is 2.85. The molecule has 1 aromatic heterocycles. The predicted octanol–water partition coefficient (Wildman–Crippen LogP) is 1.99. The van der Waals surface area contributed by atoms with Crippen LogP contribution in [-0.4, -0.2) is 45.6 Å². The lowest BCUT2D eigenvalue weighted by Gasteiger charge is -2.24. The Morgan fingerprint density at radius 1 is 1.52 bits per heavy atom. The number of carbonyl (C=O) groups is 1. The van der Waals surface area contributed by atoms with E-state index in [0.717, 1.165) is 6.42 Å². The SMILES string of the molecule is CC(C)(C)OC(=O)N1CC[C@@H](Nc2ccc([N+](=O)[O-])c(N)n2)C1. The van der Waals surface area contributed by atoms with E-state index in [-0.39, 0.29) is 23.6 Å². The molecule has 9 nitrogen and oxygen atoms in total. The molecular formula is C14H21N5O4. The van der Waals surface area contributed by atoms with Gasteiger partial charge < -0.3 is 20.7 Å². The second kappa shape index (κ2) is 6.27. The molecule has 0 aliphatic carbocycles. The van der Waals surface area contributed by atoms with Crippen LogP contribution >= 0.6 is 0 Å². The highest BCUT2D eigenvalue weighted by Gasteiger charge is 2.30. The number of hydrogen-bond donors (Lipinski definition) is 2. The summed E-state index contributed by atoms with van der Waals surface area (Å²) in [4.78, 5) is 27.7. The van der Waals surface area contributed by atoms with Crippen LogP contribution in [-0.2, 0) is 4.74 Å². The second-order valence-corrected chi connectivity index (χ2v) is 6.41. The van der Waals surface area contributed by atoms with E-state index in [1.54, 1.807) is 4.90 Å². The molecule has 0 saturated carbocycles. The Morgan fingerprint density at radius 2 is 2.22 bits per heavy atom. The monoisotopic (exact) mass is 323 g/mol. The summed E-state index contributed by atoms with van der Waals surface area (Å²) < 4.78 is 5.33. The Morgan fingerprint density at radius 3 is 2.78 bits per heavy atom. The third-order valence-electron chi connectivity index (χ3n) is 3.29. The van der Waals surface area contributed by atoms with Crippen LogP contribution in [0.1, 0.15) is 27.2 Å². The lowest BCUT2D eigenvalue weighted by atomic mass is 10.2. The number of nitrogens with one attached hydrogen (secondary N) is 1. The quantitative estimate of drug-likeness (QED) is 0.644. The molecule has 1 atom stereocenters. The molecule has 1 fully saturated rings. The number of nitro groups is 1. The van der Waals surface area contributed by atoms with Gasteiger partial charge in [0.15, 0.2) is 0 Å². The van der Waals surface area contributed by atoms with Crippen LogP contribution < -0.4 is 11.1 Å². The first-order valence-electron chi connectivity index (χ1n) is 7.31. The van der Waals surface area contributed by atoms with Crippen molar-refractivity contribution in [1.29, 1.82) is 0 Å². The molecule has 0 radical (unpaired) electrons. The molecule has 0 bridgehead atoms. The summed E-state index contributed by atoms with van der Waals surface area (Å²) in [6, 6.07) is 2.81. The van der Waals surface area contributed by atoms with Gasteiger partial charge in [-0.25, -0.2) is 9.78 Å². The van der Waals surface area contributed by atoms with Crippen LogP contribution in [0.15, 0.2) is 12.1 Å². The Hall–Kier alpha value is -2.58. The van der Waals surface area contributed by atoms with Gasteiger partial charge in [0, 0.05) is 25.2 Å². The number of pyridine rings is 1. The van der Waals surface area contributed by atoms with Gasteiger partial charge in [-0.1, -0.05) is 0 Å². The highest BCUT2D eigenvalue weighted by atomic mass is 16.6. The molecule has 2 heterocycles. The number of nitrogens with zero attached hydrogens (tertiary/aromatic N) is 3. The Balaban J connectivity index is 1.94. The summed E-state index contributed by atoms with van der Waals surface area (Å²) in [6.45, 7) is 6.52. The van der Waals surface area contributed by atoms with Crippen LogP contribution in [0.5, 0.6) is 0 Å². The van der Waals surface area contributed by atoms with Crippen LogP contribution in [0.2, 0.25) is 0 Å². The van der Waals surface area contributed by atoms with Crippen molar-refractivity contribution >= 4 is 23.4 Å². The molecule has 23 heavy (non-hydrogen) atoms. The summed E-state index contributed by atoms with van der Waals surface area (Å²) in [5.74, 6) is 0.311. The Bertz CT molecular complexity index is 614. The summed E-state index contributed by atoms with van der Waals surface area (Å²) in [5.41, 5.74) is 4.81. The van der Waals surface area contributed by atoms with Crippen molar-refractivity contribution in [2.45, 2.75) is 38.8 Å². The average molecular weight is 323 g/mol. The third kappa shape index (κ3) is 4.44. The van der Waals surface area contributed by atoms with Gasteiger partial charge in [-0.15, -0.1) is 0 Å². The van der Waals surface area contributed by atoms with E-state index in [9.17, 15) is 14.9 Å². The highest BCUT2D eigenvalue weighted by molar-refractivity contribution is 5.68. The summed E-state index contributed by atoms with van der Waals surface area (Å²) >= 11 is 0. The molecule has 1 saturated heterocycles. The maximum Gasteiger partial charge on any atom is 0.410 e. The number of aromatic nitrogens is 1. The Labute approximate surface area is 134 Å². The van der Waals surface area contributed by atoms with E-state index in [1.807, 2.05) is 20.8 Å². The topological polar surface area (TPSA) is 124 Å². The fraction of sp³-hybridized carbons (Fsp3) is 0.571. The van der Waals surface area contributed by atoms with Crippen molar-refractivity contribution < 1.29 is 14.5 Å². The number of carbonyl (C=O) groups excluding carboxylic acids is 1. The molecule has 126 valence electrons. The van der Waals surface area contributed by atoms with Crippen LogP contribution in [0.4, 0.5) is 22.1 Å². The lowest BCUT2D eigenvalue weighted by Crippen LogP contribution is -2.36. The first-order valence-corrected chi connectivity index (χ1v) is 7.31. The number of ether oxygens (including phenoxy) is 1. The number of amides is 1. The predicted molar refractivity (Wildman–Crippen MR) is 85.1 cm³/mol. The van der Waals surface area contributed by atoms with E-state index in [0.29, 0.717) is 18.9 Å². The number of anilines is 2. The van der Waals surface area contributed by atoms with Crippen molar-refractivity contribution in [2.75, 3.05) is 24.1 Å². The maximum atomic E-state index is 12.0. The third-order valence-corrected chi connectivity index (χ3v) is 3.29. The molecule has 3 N–H and O–H groups in total. The van der Waals surface area contributed by atoms with Crippen molar-refractivity contribution in [1.82, 2.24) is 9.88 Å². The zero-order valence-corrected chi connectivity index (χ0v) is 13.4. The Kier molecular flexibility index (Phi) is 4.57. The lowest BCUT2D eigenvalue weighted by molar-refractivity contribution is -0.384. The van der Waals surface area contributed by atoms with Gasteiger partial charge in [0.25, 0.3) is 0 Å². The van der Waals surface area contributed by atoms with E-state index < -0.39 is 10.5 Å². The minimum atomic E-state index is -0.577. The largest absolute Gasteiger partial charge is 0.444 e. The minimum Gasteiger partial charge on any atom is -0.444 e. The zero-order chi connectivity index (χ0) is 17.2. The van der Waals surface area contributed by atoms with Crippen molar-refractivity contribution in [3.05, 3.63) is 22.2 Å². The van der Waals surface area contributed by atoms with Gasteiger partial charge in [-0.3, -0.25) is 10.1 Å². The fourth-order valence-electron chi connectivity index (χ4n) is 2.28. The molecule has 1 aliphatic heterocycles. The van der Waals surface area contributed by atoms with Gasteiger partial charge in [0.05, 0.1) is 4.92 Å². The molecule has 1 aliphatic rings. The van der Waals surface area contributed by atoms with Crippen molar-refractivity contribution in [3.8, 4) is 0 Å². The summed E-state index contributed by atoms with van der Waals surface area (Å²) in [7, 11) is 0. The van der Waals surface area contributed by atoms with E-state index in [4.69, 9.17) is 10.5 Å². The number of nitrogens with two attached hydrogens (primary N) is 1. The fourth-order valence-corrected chi connectivity index (χ4v) is 2.28. The van der Waals surface area contributed by atoms with Gasteiger partial charge in [-0.05, 0) is 33.3 Å². The number of likely N-dealkylation sites (tertiary alicyclic amines) is 1. The first-order chi connectivity index (χ1) is 10.7. The van der Waals surface area contributed by atoms with Crippen molar-refractivity contribution in [3.63, 3.8) is 0 Å². The van der Waals surface area contributed by atoms with Crippen LogP contribution in [0.3, 0.4) is 0 Å². The summed E-state index contributed by atoms with van der Waals surface area (Å²) in [6.07, 6.45) is 0.385. The molecule has 0 unspecified atom stereocenters. The first kappa shape index (κ1) is 16.8. The molecular weight excluding hydrogens is 302 g/mol.